The Bertz CT molecular complexity index is 1580. The zero-order valence-corrected chi connectivity index (χ0v) is 19.6. The third kappa shape index (κ3) is 4.95. The summed E-state index contributed by atoms with van der Waals surface area (Å²) in [7, 11) is 0. The molecule has 1 heterocycles. The first-order valence-corrected chi connectivity index (χ1v) is 10.5. The molecule has 3 aromatic rings. The SMILES string of the molecule is O=[N+]([O-])c1cc([N+](=O)[O-])c(-c2sc(-c3c([N+](=O)[O-])cc([N+](=O)[O-])cc3[N+](=O)[O-])c([N+](=O)[O-])c2[N+](=O)[O-])c([N+](=O)[O-])c1. The van der Waals surface area contributed by atoms with E-state index in [9.17, 15) is 80.9 Å². The Hall–Kier alpha value is -6.66. The highest BCUT2D eigenvalue weighted by Crippen LogP contribution is 2.58. The molecule has 25 heteroatoms. The number of thiophene rings is 1. The maximum Gasteiger partial charge on any atom is 0.365 e. The highest BCUT2D eigenvalue weighted by Gasteiger charge is 2.47. The van der Waals surface area contributed by atoms with E-state index in [4.69, 9.17) is 0 Å². The fraction of sp³-hybridized carbons (Fsp3) is 0. The smallest absolute Gasteiger partial charge is 0.258 e. The third-order valence-electron chi connectivity index (χ3n) is 5.05. The quantitative estimate of drug-likeness (QED) is 0.232. The van der Waals surface area contributed by atoms with Crippen molar-refractivity contribution in [1.29, 1.82) is 0 Å². The Labute approximate surface area is 222 Å². The predicted molar refractivity (Wildman–Crippen MR) is 128 cm³/mol. The molecule has 1 aromatic heterocycles. The van der Waals surface area contributed by atoms with Gasteiger partial charge < -0.3 is 0 Å². The Kier molecular flexibility index (Phi) is 7.22. The summed E-state index contributed by atoms with van der Waals surface area (Å²) in [5, 5.41) is 93.2. The minimum atomic E-state index is -1.75. The zero-order chi connectivity index (χ0) is 31.1. The molecule has 0 unspecified atom stereocenters. The molecule has 0 atom stereocenters. The number of hydrogen-bond acceptors (Lipinski definition) is 17. The highest BCUT2D eigenvalue weighted by molar-refractivity contribution is 7.20. The summed E-state index contributed by atoms with van der Waals surface area (Å²) >= 11 is -0.337. The largest absolute Gasteiger partial charge is 0.365 e. The van der Waals surface area contributed by atoms with Crippen molar-refractivity contribution < 1.29 is 39.4 Å². The molecule has 0 aliphatic heterocycles. The summed E-state index contributed by atoms with van der Waals surface area (Å²) in [6, 6.07) is 0.588. The van der Waals surface area contributed by atoms with E-state index in [1.165, 1.54) is 0 Å². The van der Waals surface area contributed by atoms with Gasteiger partial charge in [-0.1, -0.05) is 0 Å². The van der Waals surface area contributed by atoms with Gasteiger partial charge in [0.25, 0.3) is 34.1 Å². The van der Waals surface area contributed by atoms with Crippen molar-refractivity contribution >= 4 is 56.8 Å². The van der Waals surface area contributed by atoms with Crippen molar-refractivity contribution in [1.82, 2.24) is 0 Å². The van der Waals surface area contributed by atoms with Crippen LogP contribution in [0, 0.1) is 80.9 Å². The summed E-state index contributed by atoms with van der Waals surface area (Å²) in [6.45, 7) is 0. The van der Waals surface area contributed by atoms with E-state index in [0.717, 1.165) is 0 Å². The van der Waals surface area contributed by atoms with E-state index >= 15 is 0 Å². The lowest BCUT2D eigenvalue weighted by Crippen LogP contribution is -2.02. The summed E-state index contributed by atoms with van der Waals surface area (Å²) in [4.78, 5) is 79.2. The van der Waals surface area contributed by atoms with E-state index in [0.29, 0.717) is 0 Å². The van der Waals surface area contributed by atoms with E-state index in [1.807, 2.05) is 0 Å². The van der Waals surface area contributed by atoms with Crippen LogP contribution < -0.4 is 0 Å². The number of hydrogen-bond donors (Lipinski definition) is 0. The maximum atomic E-state index is 12.0. The van der Waals surface area contributed by atoms with Crippen LogP contribution in [0.25, 0.3) is 20.9 Å². The second-order valence-corrected chi connectivity index (χ2v) is 8.25. The monoisotopic (exact) mass is 596 g/mol. The molecule has 2 aromatic carbocycles. The van der Waals surface area contributed by atoms with Crippen LogP contribution in [0.5, 0.6) is 0 Å². The van der Waals surface area contributed by atoms with Crippen molar-refractivity contribution in [2.24, 2.45) is 0 Å². The van der Waals surface area contributed by atoms with Crippen molar-refractivity contribution in [3.63, 3.8) is 0 Å². The van der Waals surface area contributed by atoms with Crippen LogP contribution in [0.4, 0.5) is 45.5 Å². The van der Waals surface area contributed by atoms with Gasteiger partial charge >= 0.3 is 11.4 Å². The number of nitrogens with zero attached hydrogens (tertiary/aromatic N) is 8. The summed E-state index contributed by atoms with van der Waals surface area (Å²) in [6.07, 6.45) is 0. The van der Waals surface area contributed by atoms with Crippen molar-refractivity contribution in [2.75, 3.05) is 0 Å². The van der Waals surface area contributed by atoms with Gasteiger partial charge in [0.05, 0.1) is 63.7 Å². The van der Waals surface area contributed by atoms with Gasteiger partial charge in [-0.15, -0.1) is 11.3 Å². The number of nitro groups is 8. The van der Waals surface area contributed by atoms with Crippen molar-refractivity contribution in [3.05, 3.63) is 105 Å². The van der Waals surface area contributed by atoms with E-state index in [2.05, 4.69) is 0 Å². The number of nitro benzene ring substituents is 6. The number of benzene rings is 2. The molecule has 0 bridgehead atoms. The first-order valence-electron chi connectivity index (χ1n) is 9.68. The second-order valence-electron chi connectivity index (χ2n) is 7.23. The van der Waals surface area contributed by atoms with Crippen LogP contribution in [0.3, 0.4) is 0 Å². The Balaban J connectivity index is 2.70. The standard InChI is InChI=1S/C16H4N8O16S/c25-17(26)5-1-7(19(29)30)11(8(2-5)20(31)32)15-13(23(37)38)14(24(39)40)16(41-15)12-9(21(33)34)3-6(18(27)28)4-10(12)22(35)36/h1-4H. The molecule has 0 aliphatic carbocycles. The van der Waals surface area contributed by atoms with Crippen molar-refractivity contribution in [3.8, 4) is 20.9 Å². The van der Waals surface area contributed by atoms with Gasteiger partial charge in [0.1, 0.15) is 9.75 Å². The summed E-state index contributed by atoms with van der Waals surface area (Å²) < 4.78 is 0. The molecule has 0 N–H and O–H groups in total. The topological polar surface area (TPSA) is 345 Å². The minimum absolute atomic E-state index is 0.147. The van der Waals surface area contributed by atoms with Gasteiger partial charge in [0.2, 0.25) is 0 Å². The Morgan fingerprint density at radius 2 is 0.634 bits per heavy atom. The van der Waals surface area contributed by atoms with Crippen LogP contribution in [-0.2, 0) is 0 Å². The van der Waals surface area contributed by atoms with Gasteiger partial charge in [-0.25, -0.2) is 0 Å². The van der Waals surface area contributed by atoms with Gasteiger partial charge in [0, 0.05) is 0 Å². The lowest BCUT2D eigenvalue weighted by molar-refractivity contribution is -0.421. The molecule has 0 fully saturated rings. The van der Waals surface area contributed by atoms with Crippen LogP contribution >= 0.6 is 11.3 Å². The predicted octanol–water partition coefficient (Wildman–Crippen LogP) is 4.35. The molecule has 41 heavy (non-hydrogen) atoms. The highest BCUT2D eigenvalue weighted by atomic mass is 32.1. The van der Waals surface area contributed by atoms with Crippen LogP contribution in [-0.4, -0.2) is 39.4 Å². The van der Waals surface area contributed by atoms with E-state index < -0.39 is 106 Å². The van der Waals surface area contributed by atoms with Crippen LogP contribution in [0.15, 0.2) is 24.3 Å². The van der Waals surface area contributed by atoms with Crippen LogP contribution in [0.2, 0.25) is 0 Å². The Morgan fingerprint density at radius 1 is 0.390 bits per heavy atom. The average molecular weight is 596 g/mol. The lowest BCUT2D eigenvalue weighted by atomic mass is 10.0. The molecule has 0 radical (unpaired) electrons. The number of rotatable bonds is 10. The molecular weight excluding hydrogens is 592 g/mol. The van der Waals surface area contributed by atoms with Gasteiger partial charge in [-0.3, -0.25) is 80.9 Å². The normalized spacial score (nSPS) is 10.5. The molecule has 0 amide bonds. The lowest BCUT2D eigenvalue weighted by Gasteiger charge is -2.03. The third-order valence-corrected chi connectivity index (χ3v) is 6.25. The molecule has 24 nitrogen and oxygen atoms in total. The molecule has 0 spiro atoms. The maximum absolute atomic E-state index is 12.0. The molecular formula is C16H4N8O16S. The van der Waals surface area contributed by atoms with Gasteiger partial charge in [-0.05, 0) is 0 Å². The first-order chi connectivity index (χ1) is 19.0. The van der Waals surface area contributed by atoms with Crippen molar-refractivity contribution in [2.45, 2.75) is 0 Å². The Morgan fingerprint density at radius 3 is 0.805 bits per heavy atom. The first kappa shape index (κ1) is 28.9. The summed E-state index contributed by atoms with van der Waals surface area (Å²) in [5.41, 5.74) is -14.8. The van der Waals surface area contributed by atoms with E-state index in [-0.39, 0.29) is 35.6 Å². The molecule has 210 valence electrons. The average Bonchev–Trinajstić information content (AvgIpc) is 3.27. The summed E-state index contributed by atoms with van der Waals surface area (Å²) in [5.74, 6) is 0. The molecule has 0 saturated heterocycles. The number of non-ortho nitro benzene ring substituents is 2. The van der Waals surface area contributed by atoms with Gasteiger partial charge in [-0.2, -0.15) is 0 Å². The molecule has 0 saturated carbocycles. The van der Waals surface area contributed by atoms with Crippen LogP contribution in [0.1, 0.15) is 0 Å². The fourth-order valence-corrected chi connectivity index (χ4v) is 4.90. The minimum Gasteiger partial charge on any atom is -0.258 e. The van der Waals surface area contributed by atoms with Gasteiger partial charge in [0.15, 0.2) is 11.1 Å². The second kappa shape index (κ2) is 10.2. The van der Waals surface area contributed by atoms with E-state index in [1.54, 1.807) is 0 Å². The fourth-order valence-electron chi connectivity index (χ4n) is 3.54. The zero-order valence-electron chi connectivity index (χ0n) is 18.8. The molecule has 0 aliphatic rings. The molecule has 3 rings (SSSR count).